The maximum Gasteiger partial charge on any atom is 0.251 e. The Morgan fingerprint density at radius 2 is 1.60 bits per heavy atom. The van der Waals surface area contributed by atoms with E-state index in [1.807, 2.05) is 54.6 Å². The number of amides is 1. The number of phenols is 1. The average molecular weight is 401 g/mol. The third-order valence-electron chi connectivity index (χ3n) is 4.81. The Hall–Kier alpha value is -3.37. The lowest BCUT2D eigenvalue weighted by Gasteiger charge is -2.11. The summed E-state index contributed by atoms with van der Waals surface area (Å²) in [4.78, 5) is 12.6. The molecule has 0 saturated heterocycles. The molecule has 154 valence electrons. The van der Waals surface area contributed by atoms with Crippen LogP contribution in [-0.2, 0) is 13.0 Å². The van der Waals surface area contributed by atoms with Crippen molar-refractivity contribution < 1.29 is 9.90 Å². The molecule has 3 rings (SSSR count). The lowest BCUT2D eigenvalue weighted by atomic mass is 10.1. The van der Waals surface area contributed by atoms with E-state index in [-0.39, 0.29) is 11.7 Å². The van der Waals surface area contributed by atoms with E-state index in [1.165, 1.54) is 0 Å². The minimum Gasteiger partial charge on any atom is -0.508 e. The second-order valence-corrected chi connectivity index (χ2v) is 7.11. The lowest BCUT2D eigenvalue weighted by molar-refractivity contribution is 0.0953. The van der Waals surface area contributed by atoms with Crippen molar-refractivity contribution in [2.75, 3.05) is 13.1 Å². The number of rotatable bonds is 10. The van der Waals surface area contributed by atoms with Crippen molar-refractivity contribution in [1.82, 2.24) is 10.6 Å². The van der Waals surface area contributed by atoms with Gasteiger partial charge in [0.25, 0.3) is 5.91 Å². The largest absolute Gasteiger partial charge is 0.508 e. The van der Waals surface area contributed by atoms with Gasteiger partial charge >= 0.3 is 0 Å². The van der Waals surface area contributed by atoms with Gasteiger partial charge in [0.05, 0.1) is 0 Å². The van der Waals surface area contributed by atoms with Crippen LogP contribution in [0.4, 0.5) is 0 Å². The first-order valence-corrected chi connectivity index (χ1v) is 10.3. The van der Waals surface area contributed by atoms with Crippen molar-refractivity contribution in [1.29, 1.82) is 0 Å². The molecule has 0 unspecified atom stereocenters. The Bertz CT molecular complexity index is 950. The molecule has 3 N–H and O–H groups in total. The van der Waals surface area contributed by atoms with Crippen LogP contribution in [0.3, 0.4) is 0 Å². The van der Waals surface area contributed by atoms with Gasteiger partial charge in [0.2, 0.25) is 0 Å². The third kappa shape index (κ3) is 6.90. The molecule has 30 heavy (non-hydrogen) atoms. The van der Waals surface area contributed by atoms with E-state index in [2.05, 4.69) is 34.9 Å². The predicted octanol–water partition coefficient (Wildman–Crippen LogP) is 4.56. The highest BCUT2D eigenvalue weighted by atomic mass is 16.3. The minimum atomic E-state index is -0.0426. The SMILES string of the molecule is O=C(NCCC=Cc1ccccc1)c1ccccc1CNCCc1ccc(O)cc1. The molecule has 4 heteroatoms. The van der Waals surface area contributed by atoms with Crippen molar-refractivity contribution in [3.8, 4) is 5.75 Å². The van der Waals surface area contributed by atoms with E-state index in [1.54, 1.807) is 12.1 Å². The fourth-order valence-electron chi connectivity index (χ4n) is 3.16. The molecule has 0 radical (unpaired) electrons. The first kappa shape index (κ1) is 21.3. The van der Waals surface area contributed by atoms with Crippen LogP contribution < -0.4 is 10.6 Å². The summed E-state index contributed by atoms with van der Waals surface area (Å²) >= 11 is 0. The molecule has 0 aromatic heterocycles. The summed E-state index contributed by atoms with van der Waals surface area (Å²) < 4.78 is 0. The van der Waals surface area contributed by atoms with Crippen LogP contribution in [0.25, 0.3) is 6.08 Å². The maximum absolute atomic E-state index is 12.6. The maximum atomic E-state index is 12.6. The summed E-state index contributed by atoms with van der Waals surface area (Å²) in [6.07, 6.45) is 5.79. The van der Waals surface area contributed by atoms with Crippen LogP contribution in [0, 0.1) is 0 Å². The van der Waals surface area contributed by atoms with Gasteiger partial charge in [0.15, 0.2) is 0 Å². The lowest BCUT2D eigenvalue weighted by Crippen LogP contribution is -2.26. The number of phenolic OH excluding ortho intramolecular Hbond substituents is 1. The summed E-state index contributed by atoms with van der Waals surface area (Å²) in [5.74, 6) is 0.237. The van der Waals surface area contributed by atoms with Crippen molar-refractivity contribution in [2.24, 2.45) is 0 Å². The van der Waals surface area contributed by atoms with Gasteiger partial charge in [-0.05, 0) is 54.3 Å². The van der Waals surface area contributed by atoms with Crippen LogP contribution in [-0.4, -0.2) is 24.1 Å². The van der Waals surface area contributed by atoms with Gasteiger partial charge in [0, 0.05) is 18.7 Å². The van der Waals surface area contributed by atoms with E-state index in [0.29, 0.717) is 18.7 Å². The smallest absolute Gasteiger partial charge is 0.251 e. The van der Waals surface area contributed by atoms with E-state index >= 15 is 0 Å². The van der Waals surface area contributed by atoms with Crippen molar-refractivity contribution in [2.45, 2.75) is 19.4 Å². The van der Waals surface area contributed by atoms with Crippen LogP contribution in [0.2, 0.25) is 0 Å². The van der Waals surface area contributed by atoms with Gasteiger partial charge in [-0.3, -0.25) is 4.79 Å². The molecule has 0 aliphatic carbocycles. The van der Waals surface area contributed by atoms with Crippen LogP contribution in [0.1, 0.15) is 33.5 Å². The molecule has 1 amide bonds. The fourth-order valence-corrected chi connectivity index (χ4v) is 3.16. The Morgan fingerprint density at radius 3 is 2.40 bits per heavy atom. The molecule has 0 bridgehead atoms. The molecule has 0 aliphatic rings. The van der Waals surface area contributed by atoms with Gasteiger partial charge in [-0.25, -0.2) is 0 Å². The standard InChI is InChI=1S/C26H28N2O2/c29-24-15-13-22(14-16-24)17-19-27-20-23-11-4-5-12-25(23)26(30)28-18-7-6-10-21-8-2-1-3-9-21/h1-6,8-16,27,29H,7,17-20H2,(H,28,30). The van der Waals surface area contributed by atoms with Crippen molar-refractivity contribution >= 4 is 12.0 Å². The molecular formula is C26H28N2O2. The first-order chi connectivity index (χ1) is 14.7. The van der Waals surface area contributed by atoms with E-state index in [9.17, 15) is 9.90 Å². The van der Waals surface area contributed by atoms with Gasteiger partial charge in [-0.1, -0.05) is 72.8 Å². The average Bonchev–Trinajstić information content (AvgIpc) is 2.78. The zero-order valence-electron chi connectivity index (χ0n) is 17.1. The molecule has 0 spiro atoms. The molecule has 0 aliphatic heterocycles. The van der Waals surface area contributed by atoms with Gasteiger partial charge < -0.3 is 15.7 Å². The fraction of sp³-hybridized carbons (Fsp3) is 0.192. The number of nitrogens with one attached hydrogen (secondary N) is 2. The van der Waals surface area contributed by atoms with Crippen molar-refractivity contribution in [3.05, 3.63) is 107 Å². The van der Waals surface area contributed by atoms with E-state index in [0.717, 1.165) is 36.1 Å². The van der Waals surface area contributed by atoms with Gasteiger partial charge in [0.1, 0.15) is 5.75 Å². The molecule has 4 nitrogen and oxygen atoms in total. The van der Waals surface area contributed by atoms with Gasteiger partial charge in [-0.2, -0.15) is 0 Å². The monoisotopic (exact) mass is 400 g/mol. The number of carbonyl (C=O) groups excluding carboxylic acids is 1. The molecule has 0 fully saturated rings. The highest BCUT2D eigenvalue weighted by Gasteiger charge is 2.09. The molecule has 3 aromatic rings. The molecule has 0 atom stereocenters. The zero-order valence-corrected chi connectivity index (χ0v) is 17.1. The zero-order chi connectivity index (χ0) is 21.0. The summed E-state index contributed by atoms with van der Waals surface area (Å²) in [6.45, 7) is 2.03. The van der Waals surface area contributed by atoms with Crippen LogP contribution in [0.5, 0.6) is 5.75 Å². The number of hydrogen-bond donors (Lipinski definition) is 3. The summed E-state index contributed by atoms with van der Waals surface area (Å²) in [6, 6.07) is 25.1. The third-order valence-corrected chi connectivity index (χ3v) is 4.81. The number of aromatic hydroxyl groups is 1. The van der Waals surface area contributed by atoms with Crippen LogP contribution in [0.15, 0.2) is 84.9 Å². The second kappa shape index (κ2) is 11.6. The van der Waals surface area contributed by atoms with Gasteiger partial charge in [-0.15, -0.1) is 0 Å². The Kier molecular flexibility index (Phi) is 8.24. The molecule has 0 heterocycles. The topological polar surface area (TPSA) is 61.4 Å². The second-order valence-electron chi connectivity index (χ2n) is 7.11. The molecular weight excluding hydrogens is 372 g/mol. The van der Waals surface area contributed by atoms with Crippen molar-refractivity contribution in [3.63, 3.8) is 0 Å². The minimum absolute atomic E-state index is 0.0426. The molecule has 0 saturated carbocycles. The Labute approximate surface area is 178 Å². The summed E-state index contributed by atoms with van der Waals surface area (Å²) in [5.41, 5.74) is 4.02. The highest BCUT2D eigenvalue weighted by molar-refractivity contribution is 5.95. The number of hydrogen-bond acceptors (Lipinski definition) is 3. The molecule has 3 aromatic carbocycles. The van der Waals surface area contributed by atoms with Crippen LogP contribution >= 0.6 is 0 Å². The summed E-state index contributed by atoms with van der Waals surface area (Å²) in [5, 5.41) is 15.8. The Morgan fingerprint density at radius 1 is 0.867 bits per heavy atom. The highest BCUT2D eigenvalue weighted by Crippen LogP contribution is 2.11. The van der Waals surface area contributed by atoms with E-state index < -0.39 is 0 Å². The first-order valence-electron chi connectivity index (χ1n) is 10.3. The van der Waals surface area contributed by atoms with E-state index in [4.69, 9.17) is 0 Å². The predicted molar refractivity (Wildman–Crippen MR) is 122 cm³/mol. The normalized spacial score (nSPS) is 10.9. The Balaban J connectivity index is 1.43. The number of benzene rings is 3. The number of carbonyl (C=O) groups is 1. The summed E-state index contributed by atoms with van der Waals surface area (Å²) in [7, 11) is 0. The quantitative estimate of drug-likeness (QED) is 0.437.